The minimum absolute atomic E-state index is 0.333. The van der Waals surface area contributed by atoms with E-state index >= 15 is 0 Å². The van der Waals surface area contributed by atoms with Crippen molar-refractivity contribution < 1.29 is 18.7 Å². The molecular formula is C25H24FN3O3S. The molecule has 0 aliphatic carbocycles. The zero-order valence-electron chi connectivity index (χ0n) is 18.4. The molecule has 1 N–H and O–H groups in total. The van der Waals surface area contributed by atoms with E-state index in [0.29, 0.717) is 16.3 Å². The van der Waals surface area contributed by atoms with Crippen LogP contribution in [0.2, 0.25) is 0 Å². The molecule has 4 rings (SSSR count). The number of carbonyl (C=O) groups excluding carboxylic acids is 2. The largest absolute Gasteiger partial charge is 0.451 e. The molecule has 0 unspecified atom stereocenters. The number of ether oxygens (including phenoxy) is 1. The van der Waals surface area contributed by atoms with E-state index in [1.165, 1.54) is 29.0 Å². The summed E-state index contributed by atoms with van der Waals surface area (Å²) < 4.78 is 20.1. The Labute approximate surface area is 195 Å². The quantitative estimate of drug-likeness (QED) is 0.340. The van der Waals surface area contributed by atoms with E-state index in [1.54, 1.807) is 22.9 Å². The Bertz CT molecular complexity index is 1280. The predicted molar refractivity (Wildman–Crippen MR) is 128 cm³/mol. The van der Waals surface area contributed by atoms with Crippen LogP contribution in [0.15, 0.2) is 54.6 Å². The molecule has 4 aromatic rings. The maximum Gasteiger partial charge on any atom is 0.348 e. The molecule has 8 heteroatoms. The fourth-order valence-corrected chi connectivity index (χ4v) is 4.52. The highest BCUT2D eigenvalue weighted by atomic mass is 32.1. The van der Waals surface area contributed by atoms with Gasteiger partial charge in [0.2, 0.25) is 0 Å². The molecule has 0 fully saturated rings. The number of nitrogens with zero attached hydrogens (tertiary/aromatic N) is 2. The van der Waals surface area contributed by atoms with Crippen LogP contribution in [0, 0.1) is 12.7 Å². The van der Waals surface area contributed by atoms with E-state index in [0.717, 1.165) is 35.2 Å². The Morgan fingerprint density at radius 1 is 1.12 bits per heavy atom. The third kappa shape index (κ3) is 5.28. The van der Waals surface area contributed by atoms with Crippen LogP contribution in [0.1, 0.15) is 40.7 Å². The monoisotopic (exact) mass is 465 g/mol. The summed E-state index contributed by atoms with van der Waals surface area (Å²) >= 11 is 1.22. The molecule has 33 heavy (non-hydrogen) atoms. The number of hydrogen-bond donors (Lipinski definition) is 1. The zero-order chi connectivity index (χ0) is 23.4. The van der Waals surface area contributed by atoms with Gasteiger partial charge in [-0.15, -0.1) is 11.3 Å². The summed E-state index contributed by atoms with van der Waals surface area (Å²) in [4.78, 5) is 25.9. The van der Waals surface area contributed by atoms with Crippen molar-refractivity contribution in [3.05, 3.63) is 76.5 Å². The summed E-state index contributed by atoms with van der Waals surface area (Å²) in [5.74, 6) is -1.31. The van der Waals surface area contributed by atoms with Gasteiger partial charge in [-0.3, -0.25) is 4.79 Å². The van der Waals surface area contributed by atoms with Crippen LogP contribution in [-0.2, 0) is 16.0 Å². The van der Waals surface area contributed by atoms with Crippen LogP contribution in [0.3, 0.4) is 0 Å². The normalized spacial score (nSPS) is 11.0. The Morgan fingerprint density at radius 2 is 1.85 bits per heavy atom. The van der Waals surface area contributed by atoms with Gasteiger partial charge < -0.3 is 10.1 Å². The summed E-state index contributed by atoms with van der Waals surface area (Å²) in [6, 6.07) is 15.3. The molecule has 2 aromatic carbocycles. The number of anilines is 1. The highest BCUT2D eigenvalue weighted by Crippen LogP contribution is 2.31. The molecule has 2 aromatic heterocycles. The van der Waals surface area contributed by atoms with Gasteiger partial charge in [-0.05, 0) is 67.8 Å². The number of nitrogens with one attached hydrogen (secondary N) is 1. The molecule has 170 valence electrons. The number of esters is 1. The summed E-state index contributed by atoms with van der Waals surface area (Å²) in [7, 11) is 0. The molecule has 0 atom stereocenters. The predicted octanol–water partition coefficient (Wildman–Crippen LogP) is 5.67. The minimum atomic E-state index is -0.577. The van der Waals surface area contributed by atoms with Crippen LogP contribution in [-0.4, -0.2) is 28.3 Å². The van der Waals surface area contributed by atoms with E-state index in [1.807, 2.05) is 31.2 Å². The highest BCUT2D eigenvalue weighted by molar-refractivity contribution is 7.20. The van der Waals surface area contributed by atoms with Crippen molar-refractivity contribution in [2.75, 3.05) is 11.9 Å². The van der Waals surface area contributed by atoms with Gasteiger partial charge in [0.25, 0.3) is 5.91 Å². The van der Waals surface area contributed by atoms with Gasteiger partial charge in [0.1, 0.15) is 15.5 Å². The van der Waals surface area contributed by atoms with E-state index in [2.05, 4.69) is 17.3 Å². The van der Waals surface area contributed by atoms with E-state index in [-0.39, 0.29) is 12.4 Å². The average molecular weight is 466 g/mol. The molecule has 0 saturated heterocycles. The molecule has 2 heterocycles. The molecule has 6 nitrogen and oxygen atoms in total. The lowest BCUT2D eigenvalue weighted by Crippen LogP contribution is -2.20. The smallest absolute Gasteiger partial charge is 0.348 e. The summed E-state index contributed by atoms with van der Waals surface area (Å²) in [6.45, 7) is 3.61. The third-order valence-electron chi connectivity index (χ3n) is 5.21. The minimum Gasteiger partial charge on any atom is -0.451 e. The van der Waals surface area contributed by atoms with Crippen molar-refractivity contribution in [2.45, 2.75) is 33.1 Å². The van der Waals surface area contributed by atoms with Crippen LogP contribution in [0.5, 0.6) is 0 Å². The fraction of sp³-hybridized carbons (Fsp3) is 0.240. The molecular weight excluding hydrogens is 441 g/mol. The van der Waals surface area contributed by atoms with Crippen molar-refractivity contribution in [1.82, 2.24) is 9.78 Å². The first-order chi connectivity index (χ1) is 15.9. The van der Waals surface area contributed by atoms with Gasteiger partial charge in [0, 0.05) is 11.1 Å². The SMILES string of the molecule is CCCCc1ccc(NC(=O)COC(=O)c2cc3c(C)nn(-c4ccc(F)cc4)c3s2)cc1. The standard InChI is InChI=1S/C25H24FN3O3S/c1-3-4-5-17-6-10-19(11-7-17)27-23(30)15-32-25(31)22-14-21-16(2)28-29(24(21)33-22)20-12-8-18(26)9-13-20/h6-14H,3-5,15H2,1-2H3,(H,27,30). The van der Waals surface area contributed by atoms with Crippen LogP contribution >= 0.6 is 11.3 Å². The number of benzene rings is 2. The Kier molecular flexibility index (Phi) is 6.84. The van der Waals surface area contributed by atoms with E-state index in [4.69, 9.17) is 4.74 Å². The van der Waals surface area contributed by atoms with Crippen LogP contribution in [0.4, 0.5) is 10.1 Å². The maximum atomic E-state index is 13.3. The second-order valence-electron chi connectivity index (χ2n) is 7.73. The summed E-state index contributed by atoms with van der Waals surface area (Å²) in [6.07, 6.45) is 3.27. The average Bonchev–Trinajstić information content (AvgIpc) is 3.38. The number of aromatic nitrogens is 2. The van der Waals surface area contributed by atoms with E-state index in [9.17, 15) is 14.0 Å². The maximum absolute atomic E-state index is 13.3. The number of rotatable bonds is 8. The number of hydrogen-bond acceptors (Lipinski definition) is 5. The number of thiophene rings is 1. The molecule has 0 spiro atoms. The second kappa shape index (κ2) is 9.95. The summed E-state index contributed by atoms with van der Waals surface area (Å²) in [5, 5.41) is 8.03. The van der Waals surface area contributed by atoms with Gasteiger partial charge in [-0.1, -0.05) is 25.5 Å². The molecule has 0 aliphatic heterocycles. The second-order valence-corrected chi connectivity index (χ2v) is 8.76. The van der Waals surface area contributed by atoms with Crippen molar-refractivity contribution in [3.63, 3.8) is 0 Å². The number of aryl methyl sites for hydroxylation is 2. The Hall–Kier alpha value is -3.52. The van der Waals surface area contributed by atoms with Gasteiger partial charge >= 0.3 is 5.97 Å². The van der Waals surface area contributed by atoms with Gasteiger partial charge in [0.05, 0.1) is 11.4 Å². The lowest BCUT2D eigenvalue weighted by atomic mass is 10.1. The molecule has 0 saturated carbocycles. The zero-order valence-corrected chi connectivity index (χ0v) is 19.2. The first-order valence-electron chi connectivity index (χ1n) is 10.8. The van der Waals surface area contributed by atoms with Crippen molar-refractivity contribution in [2.24, 2.45) is 0 Å². The van der Waals surface area contributed by atoms with Gasteiger partial charge in [-0.2, -0.15) is 5.10 Å². The van der Waals surface area contributed by atoms with Crippen molar-refractivity contribution in [1.29, 1.82) is 0 Å². The topological polar surface area (TPSA) is 73.2 Å². The van der Waals surface area contributed by atoms with E-state index < -0.39 is 11.9 Å². The van der Waals surface area contributed by atoms with Crippen molar-refractivity contribution in [3.8, 4) is 5.69 Å². The fourth-order valence-electron chi connectivity index (χ4n) is 3.44. The number of fused-ring (bicyclic) bond motifs is 1. The van der Waals surface area contributed by atoms with Gasteiger partial charge in [0.15, 0.2) is 6.61 Å². The molecule has 0 bridgehead atoms. The first-order valence-corrected chi connectivity index (χ1v) is 11.6. The number of carbonyl (C=O) groups is 2. The van der Waals surface area contributed by atoms with Crippen molar-refractivity contribution >= 4 is 39.1 Å². The first kappa shape index (κ1) is 22.7. The third-order valence-corrected chi connectivity index (χ3v) is 6.30. The molecule has 0 radical (unpaired) electrons. The highest BCUT2D eigenvalue weighted by Gasteiger charge is 2.19. The van der Waals surface area contributed by atoms with Crippen LogP contribution in [0.25, 0.3) is 15.9 Å². The lowest BCUT2D eigenvalue weighted by Gasteiger charge is -2.07. The molecule has 1 amide bonds. The number of amides is 1. The number of halogens is 1. The van der Waals surface area contributed by atoms with Gasteiger partial charge in [-0.25, -0.2) is 13.9 Å². The lowest BCUT2D eigenvalue weighted by molar-refractivity contribution is -0.119. The summed E-state index contributed by atoms with van der Waals surface area (Å²) in [5.41, 5.74) is 3.31. The van der Waals surface area contributed by atoms with Crippen LogP contribution < -0.4 is 5.32 Å². The Balaban J connectivity index is 1.39. The Morgan fingerprint density at radius 3 is 2.55 bits per heavy atom. The molecule has 0 aliphatic rings. The number of unbranched alkanes of at least 4 members (excludes halogenated alkanes) is 1.